The van der Waals surface area contributed by atoms with Crippen LogP contribution in [0.1, 0.15) is 251 Å². The summed E-state index contributed by atoms with van der Waals surface area (Å²) in [5.74, 6) is 0. The minimum atomic E-state index is 1.21. The van der Waals surface area contributed by atoms with Gasteiger partial charge in [0.2, 0.25) is 0 Å². The van der Waals surface area contributed by atoms with E-state index in [0.717, 1.165) is 0 Å². The molecule has 8 aromatic heterocycles. The fourth-order valence-corrected chi connectivity index (χ4v) is 25.3. The summed E-state index contributed by atoms with van der Waals surface area (Å²) in [7, 11) is 0. The topological polar surface area (TPSA) is 0 Å². The molecule has 0 aliphatic rings. The zero-order chi connectivity index (χ0) is 54.7. The van der Waals surface area contributed by atoms with Crippen molar-refractivity contribution in [1.82, 2.24) is 0 Å². The highest BCUT2D eigenvalue weighted by Crippen LogP contribution is 2.55. The number of unbranched alkanes of at least 4 members (excludes halogenated alkanes) is 28. The molecular formula is C68H90Br2S8. The summed E-state index contributed by atoms with van der Waals surface area (Å²) in [6.45, 7) is 18.6. The molecule has 0 saturated heterocycles. The van der Waals surface area contributed by atoms with Gasteiger partial charge in [-0.1, -0.05) is 194 Å². The van der Waals surface area contributed by atoms with Crippen LogP contribution in [0.5, 0.6) is 0 Å². The number of aryl methyl sites for hydroxylation is 8. The van der Waals surface area contributed by atoms with Crippen molar-refractivity contribution in [1.29, 1.82) is 0 Å². The van der Waals surface area contributed by atoms with Gasteiger partial charge in [0.25, 0.3) is 0 Å². The Labute approximate surface area is 518 Å². The summed E-state index contributed by atoms with van der Waals surface area (Å²) in [6.07, 6.45) is 45.3. The van der Waals surface area contributed by atoms with Gasteiger partial charge in [-0.3, -0.25) is 0 Å². The fraction of sp³-hybridized carbons (Fsp3) is 0.588. The van der Waals surface area contributed by atoms with E-state index in [1.807, 2.05) is 68.0 Å². The molecule has 10 heteroatoms. The number of hydrogen-bond donors (Lipinski definition) is 0. The molecule has 8 heterocycles. The second-order valence-electron chi connectivity index (χ2n) is 23.3. The zero-order valence-corrected chi connectivity index (χ0v) is 58.5. The quantitative estimate of drug-likeness (QED) is 0.0369. The normalized spacial score (nSPS) is 12.3. The maximum atomic E-state index is 3.98. The Morgan fingerprint density at radius 2 is 0.615 bits per heavy atom. The van der Waals surface area contributed by atoms with Crippen LogP contribution in [0.2, 0.25) is 0 Å². The average Bonchev–Trinajstić information content (AvgIpc) is 4.02. The van der Waals surface area contributed by atoms with Gasteiger partial charge in [0.15, 0.2) is 0 Å². The SMILES string of the molecule is CCCCCCCCCCCCCCCCCc1c(Br)sc2c1sc1c(C)c3c(sc4c(C)c(Br)sc43)c(C)c12.CCCCCCCCCCCCCCCCCc1csc2c1sc1c(C)c3c(sc4c(C)csc43)c(C)c12. The first-order valence-corrected chi connectivity index (χ1v) is 39.2. The van der Waals surface area contributed by atoms with Gasteiger partial charge in [-0.05, 0) is 154 Å². The maximum absolute atomic E-state index is 3.98. The van der Waals surface area contributed by atoms with Crippen LogP contribution in [0, 0.1) is 41.5 Å². The van der Waals surface area contributed by atoms with E-state index in [9.17, 15) is 0 Å². The van der Waals surface area contributed by atoms with Crippen LogP contribution in [0.15, 0.2) is 18.3 Å². The molecular weight excluding hydrogens is 1230 g/mol. The highest BCUT2D eigenvalue weighted by atomic mass is 79.9. The number of thiophene rings is 8. The minimum absolute atomic E-state index is 1.21. The van der Waals surface area contributed by atoms with Gasteiger partial charge in [-0.25, -0.2) is 0 Å². The maximum Gasteiger partial charge on any atom is 0.0751 e. The lowest BCUT2D eigenvalue weighted by Crippen LogP contribution is -1.86. The van der Waals surface area contributed by atoms with Gasteiger partial charge >= 0.3 is 0 Å². The van der Waals surface area contributed by atoms with Gasteiger partial charge in [0.05, 0.1) is 35.8 Å². The van der Waals surface area contributed by atoms with Crippen molar-refractivity contribution in [2.45, 2.75) is 261 Å². The molecule has 0 aliphatic carbocycles. The highest BCUT2D eigenvalue weighted by molar-refractivity contribution is 9.11. The van der Waals surface area contributed by atoms with Crippen LogP contribution in [-0.2, 0) is 12.8 Å². The van der Waals surface area contributed by atoms with Crippen LogP contribution in [0.25, 0.3) is 77.9 Å². The lowest BCUT2D eigenvalue weighted by atomic mass is 10.0. The van der Waals surface area contributed by atoms with Gasteiger partial charge in [-0.2, -0.15) is 0 Å². The summed E-state index contributed by atoms with van der Waals surface area (Å²) in [6, 6.07) is 0. The summed E-state index contributed by atoms with van der Waals surface area (Å²) >= 11 is 23.7. The van der Waals surface area contributed by atoms with E-state index in [1.54, 1.807) is 35.3 Å². The molecule has 0 amide bonds. The van der Waals surface area contributed by atoms with Crippen molar-refractivity contribution < 1.29 is 0 Å². The Morgan fingerprint density at radius 3 is 1.08 bits per heavy atom. The van der Waals surface area contributed by atoms with Crippen LogP contribution < -0.4 is 0 Å². The van der Waals surface area contributed by atoms with Crippen molar-refractivity contribution in [3.05, 3.63) is 62.8 Å². The Kier molecular flexibility index (Phi) is 23.9. The van der Waals surface area contributed by atoms with Crippen LogP contribution >= 0.6 is 123 Å². The first-order chi connectivity index (χ1) is 38.0. The molecule has 0 radical (unpaired) electrons. The number of halogens is 2. The Balaban J connectivity index is 0.000000190. The third-order valence-corrected chi connectivity index (χ3v) is 29.7. The van der Waals surface area contributed by atoms with E-state index in [2.05, 4.69) is 121 Å². The molecule has 0 unspecified atom stereocenters. The predicted octanol–water partition coefficient (Wildman–Crippen LogP) is 29.3. The lowest BCUT2D eigenvalue weighted by molar-refractivity contribution is 0.532. The molecule has 0 aliphatic heterocycles. The summed E-state index contributed by atoms with van der Waals surface area (Å²) < 4.78 is 20.9. The largest absolute Gasteiger partial charge is 0.142 e. The second-order valence-corrected chi connectivity index (χ2v) is 33.8. The van der Waals surface area contributed by atoms with E-state index >= 15 is 0 Å². The molecule has 10 rings (SSSR count). The summed E-state index contributed by atoms with van der Waals surface area (Å²) in [4.78, 5) is 0. The molecule has 0 nitrogen and oxygen atoms in total. The van der Waals surface area contributed by atoms with Crippen LogP contribution in [-0.4, -0.2) is 0 Å². The fourth-order valence-electron chi connectivity index (χ4n) is 12.5. The molecule has 2 aromatic carbocycles. The number of hydrogen-bond acceptors (Lipinski definition) is 8. The number of benzene rings is 2. The average molecular weight is 1320 g/mol. The van der Waals surface area contributed by atoms with Crippen molar-refractivity contribution >= 4 is 200 Å². The van der Waals surface area contributed by atoms with E-state index < -0.39 is 0 Å². The van der Waals surface area contributed by atoms with E-state index in [1.165, 1.54) is 300 Å². The Hall–Kier alpha value is -0.920. The molecule has 78 heavy (non-hydrogen) atoms. The molecule has 0 spiro atoms. The molecule has 10 aromatic rings. The number of rotatable bonds is 32. The zero-order valence-electron chi connectivity index (χ0n) is 48.8. The van der Waals surface area contributed by atoms with Crippen molar-refractivity contribution in [3.8, 4) is 0 Å². The van der Waals surface area contributed by atoms with Crippen LogP contribution in [0.4, 0.5) is 0 Å². The summed E-state index contributed by atoms with van der Waals surface area (Å²) in [5.41, 5.74) is 12.0. The molecule has 0 N–H and O–H groups in total. The molecule has 0 bridgehead atoms. The van der Waals surface area contributed by atoms with Gasteiger partial charge in [0, 0.05) is 49.7 Å². The van der Waals surface area contributed by atoms with Crippen molar-refractivity contribution in [3.63, 3.8) is 0 Å². The van der Waals surface area contributed by atoms with Gasteiger partial charge in [-0.15, -0.1) is 90.7 Å². The Bertz CT molecular complexity index is 3510. The lowest BCUT2D eigenvalue weighted by Gasteiger charge is -2.05. The third-order valence-electron chi connectivity index (χ3n) is 17.3. The molecule has 0 saturated carbocycles. The smallest absolute Gasteiger partial charge is 0.0751 e. The van der Waals surface area contributed by atoms with Gasteiger partial charge in [0.1, 0.15) is 0 Å². The second kappa shape index (κ2) is 30.2. The first-order valence-electron chi connectivity index (χ1n) is 30.9. The molecule has 0 fully saturated rings. The van der Waals surface area contributed by atoms with Crippen LogP contribution in [0.3, 0.4) is 0 Å². The molecule has 0 atom stereocenters. The van der Waals surface area contributed by atoms with E-state index in [4.69, 9.17) is 0 Å². The monoisotopic (exact) mass is 1320 g/mol. The Morgan fingerprint density at radius 1 is 0.282 bits per heavy atom. The predicted molar refractivity (Wildman–Crippen MR) is 377 cm³/mol. The van der Waals surface area contributed by atoms with E-state index in [-0.39, 0.29) is 0 Å². The van der Waals surface area contributed by atoms with Crippen molar-refractivity contribution in [2.75, 3.05) is 0 Å². The highest BCUT2D eigenvalue weighted by Gasteiger charge is 2.25. The van der Waals surface area contributed by atoms with Gasteiger partial charge < -0.3 is 0 Å². The first kappa shape index (κ1) is 61.6. The third kappa shape index (κ3) is 14.1. The number of fused-ring (bicyclic) bond motifs is 12. The molecule has 424 valence electrons. The van der Waals surface area contributed by atoms with Crippen molar-refractivity contribution in [2.24, 2.45) is 0 Å². The minimum Gasteiger partial charge on any atom is -0.142 e. The summed E-state index contributed by atoms with van der Waals surface area (Å²) in [5, 5.41) is 10.9. The van der Waals surface area contributed by atoms with E-state index in [0.29, 0.717) is 0 Å². The standard InChI is InChI=1S/C34H44Br2S4.C34H46S4/c1-5-6-7-8-9-10-11-12-13-14-15-16-17-18-19-20-24-30-32(40-34(24)36)26-22(3)27-25(21(2)28(26)38-30)31-29(37-27)23(4)33(35)39-31;1-5-6-7-8-9-10-11-12-13-14-15-16-17-18-19-20-26-22-36-34-28-25(4)30-27(24(3)31(28)38-32(26)34)33-29(37-30)23(2)21-35-33/h5-20H2,1-4H3;21-22H,5-20H2,1-4H3.